The zero-order valence-electron chi connectivity index (χ0n) is 11.4. The Morgan fingerprint density at radius 2 is 1.95 bits per heavy atom. The molecule has 2 aromatic rings. The molecule has 4 nitrogen and oxygen atoms in total. The van der Waals surface area contributed by atoms with Crippen molar-refractivity contribution in [2.45, 2.75) is 13.1 Å². The highest BCUT2D eigenvalue weighted by Crippen LogP contribution is 2.16. The summed E-state index contributed by atoms with van der Waals surface area (Å²) in [5, 5.41) is 6.56. The molecule has 0 atom stereocenters. The first kappa shape index (κ1) is 13.5. The summed E-state index contributed by atoms with van der Waals surface area (Å²) in [6.45, 7) is 5.35. The molecule has 0 bridgehead atoms. The lowest BCUT2D eigenvalue weighted by Gasteiger charge is -2.28. The average Bonchev–Trinajstić information content (AvgIpc) is 3.02. The predicted octanol–water partition coefficient (Wildman–Crippen LogP) is 2.27. The van der Waals surface area contributed by atoms with Gasteiger partial charge in [-0.1, -0.05) is 12.1 Å². The van der Waals surface area contributed by atoms with Gasteiger partial charge >= 0.3 is 0 Å². The number of thiazole rings is 1. The minimum atomic E-state index is 0.830. The molecule has 5 heteroatoms. The SMILES string of the molecule is c1csc(CNCc2ccc(N3CCOCC3)cc2)n1. The lowest BCUT2D eigenvalue weighted by molar-refractivity contribution is 0.122. The topological polar surface area (TPSA) is 37.4 Å². The number of anilines is 1. The Kier molecular flexibility index (Phi) is 4.63. The van der Waals surface area contributed by atoms with Gasteiger partial charge in [-0.25, -0.2) is 4.98 Å². The number of hydrogen-bond acceptors (Lipinski definition) is 5. The first-order chi connectivity index (χ1) is 9.92. The molecule has 106 valence electrons. The van der Waals surface area contributed by atoms with Crippen LogP contribution in [0.15, 0.2) is 35.8 Å². The second-order valence-electron chi connectivity index (χ2n) is 4.80. The van der Waals surface area contributed by atoms with Gasteiger partial charge in [0.2, 0.25) is 0 Å². The van der Waals surface area contributed by atoms with Gasteiger partial charge in [0.1, 0.15) is 5.01 Å². The Morgan fingerprint density at radius 3 is 2.65 bits per heavy atom. The van der Waals surface area contributed by atoms with E-state index in [0.29, 0.717) is 0 Å². The van der Waals surface area contributed by atoms with Crippen molar-refractivity contribution >= 4 is 17.0 Å². The lowest BCUT2D eigenvalue weighted by Crippen LogP contribution is -2.36. The fourth-order valence-electron chi connectivity index (χ4n) is 2.30. The van der Waals surface area contributed by atoms with Gasteiger partial charge in [0.25, 0.3) is 0 Å². The molecular weight excluding hydrogens is 270 g/mol. The summed E-state index contributed by atoms with van der Waals surface area (Å²) in [4.78, 5) is 6.63. The van der Waals surface area contributed by atoms with Crippen molar-refractivity contribution in [3.8, 4) is 0 Å². The number of benzene rings is 1. The van der Waals surface area contributed by atoms with Crippen LogP contribution in [0.25, 0.3) is 0 Å². The zero-order chi connectivity index (χ0) is 13.6. The van der Waals surface area contributed by atoms with Gasteiger partial charge in [0.05, 0.1) is 13.2 Å². The highest BCUT2D eigenvalue weighted by Gasteiger charge is 2.10. The molecular formula is C15H19N3OS. The van der Waals surface area contributed by atoms with E-state index in [1.165, 1.54) is 11.3 Å². The molecule has 0 saturated carbocycles. The standard InChI is InChI=1S/C15H19N3OS/c1-3-14(18-6-8-19-9-7-18)4-2-13(1)11-16-12-15-17-5-10-20-15/h1-5,10,16H,6-9,11-12H2. The summed E-state index contributed by atoms with van der Waals surface area (Å²) in [5.74, 6) is 0. The second-order valence-corrected chi connectivity index (χ2v) is 5.77. The third-order valence-corrected chi connectivity index (χ3v) is 4.18. The van der Waals surface area contributed by atoms with E-state index >= 15 is 0 Å². The molecule has 1 aromatic heterocycles. The minimum absolute atomic E-state index is 0.830. The van der Waals surface area contributed by atoms with Crippen LogP contribution < -0.4 is 10.2 Å². The Balaban J connectivity index is 1.50. The monoisotopic (exact) mass is 289 g/mol. The van der Waals surface area contributed by atoms with Crippen molar-refractivity contribution in [2.75, 3.05) is 31.2 Å². The van der Waals surface area contributed by atoms with Crippen LogP contribution in [0.5, 0.6) is 0 Å². The number of nitrogens with zero attached hydrogens (tertiary/aromatic N) is 2. The van der Waals surface area contributed by atoms with Gasteiger partial charge in [0.15, 0.2) is 0 Å². The quantitative estimate of drug-likeness (QED) is 0.916. The van der Waals surface area contributed by atoms with Gasteiger partial charge in [-0.05, 0) is 17.7 Å². The predicted molar refractivity (Wildman–Crippen MR) is 82.1 cm³/mol. The lowest BCUT2D eigenvalue weighted by atomic mass is 10.2. The van der Waals surface area contributed by atoms with Crippen LogP contribution in [0.2, 0.25) is 0 Å². The smallest absolute Gasteiger partial charge is 0.106 e. The van der Waals surface area contributed by atoms with Crippen LogP contribution in [-0.4, -0.2) is 31.3 Å². The number of aromatic nitrogens is 1. The number of ether oxygens (including phenoxy) is 1. The Bertz CT molecular complexity index is 506. The molecule has 1 saturated heterocycles. The molecule has 20 heavy (non-hydrogen) atoms. The van der Waals surface area contributed by atoms with Gasteiger partial charge in [-0.15, -0.1) is 11.3 Å². The summed E-state index contributed by atoms with van der Waals surface area (Å²) in [5.41, 5.74) is 2.59. The summed E-state index contributed by atoms with van der Waals surface area (Å²) in [6.07, 6.45) is 1.85. The van der Waals surface area contributed by atoms with Gasteiger partial charge in [-0.2, -0.15) is 0 Å². The summed E-state index contributed by atoms with van der Waals surface area (Å²) >= 11 is 1.69. The van der Waals surface area contributed by atoms with E-state index in [1.54, 1.807) is 11.3 Å². The van der Waals surface area contributed by atoms with E-state index in [1.807, 2.05) is 11.6 Å². The van der Waals surface area contributed by atoms with Gasteiger partial charge in [-0.3, -0.25) is 0 Å². The van der Waals surface area contributed by atoms with Crippen LogP contribution in [0.4, 0.5) is 5.69 Å². The molecule has 1 N–H and O–H groups in total. The van der Waals surface area contributed by atoms with Gasteiger partial charge < -0.3 is 15.0 Å². The minimum Gasteiger partial charge on any atom is -0.378 e. The van der Waals surface area contributed by atoms with Crippen molar-refractivity contribution in [1.29, 1.82) is 0 Å². The molecule has 1 aliphatic rings. The molecule has 0 radical (unpaired) electrons. The fourth-order valence-corrected chi connectivity index (χ4v) is 2.89. The maximum atomic E-state index is 5.38. The average molecular weight is 289 g/mol. The zero-order valence-corrected chi connectivity index (χ0v) is 12.2. The largest absolute Gasteiger partial charge is 0.378 e. The molecule has 0 unspecified atom stereocenters. The van der Waals surface area contributed by atoms with Crippen LogP contribution >= 0.6 is 11.3 Å². The Hall–Kier alpha value is -1.43. The number of nitrogens with one attached hydrogen (secondary N) is 1. The molecule has 1 aromatic carbocycles. The van der Waals surface area contributed by atoms with Crippen molar-refractivity contribution in [3.05, 3.63) is 46.4 Å². The molecule has 2 heterocycles. The van der Waals surface area contributed by atoms with E-state index < -0.39 is 0 Å². The molecule has 3 rings (SSSR count). The normalized spacial score (nSPS) is 15.5. The van der Waals surface area contributed by atoms with E-state index in [2.05, 4.69) is 39.5 Å². The highest BCUT2D eigenvalue weighted by atomic mass is 32.1. The van der Waals surface area contributed by atoms with Crippen molar-refractivity contribution < 1.29 is 4.74 Å². The summed E-state index contributed by atoms with van der Waals surface area (Å²) < 4.78 is 5.38. The maximum absolute atomic E-state index is 5.38. The van der Waals surface area contributed by atoms with Gasteiger partial charge in [0, 0.05) is 43.4 Å². The van der Waals surface area contributed by atoms with Crippen LogP contribution in [0, 0.1) is 0 Å². The molecule has 1 fully saturated rings. The fraction of sp³-hybridized carbons (Fsp3) is 0.400. The maximum Gasteiger partial charge on any atom is 0.106 e. The van der Waals surface area contributed by atoms with Crippen molar-refractivity contribution in [3.63, 3.8) is 0 Å². The number of hydrogen-bond donors (Lipinski definition) is 1. The number of morpholine rings is 1. The number of rotatable bonds is 5. The molecule has 0 aliphatic carbocycles. The van der Waals surface area contributed by atoms with E-state index in [-0.39, 0.29) is 0 Å². The van der Waals surface area contributed by atoms with Crippen LogP contribution in [0.3, 0.4) is 0 Å². The Labute approximate surface area is 123 Å². The third kappa shape index (κ3) is 3.56. The van der Waals surface area contributed by atoms with Crippen LogP contribution in [0.1, 0.15) is 10.6 Å². The summed E-state index contributed by atoms with van der Waals surface area (Å²) in [7, 11) is 0. The van der Waals surface area contributed by atoms with Crippen LogP contribution in [-0.2, 0) is 17.8 Å². The summed E-state index contributed by atoms with van der Waals surface area (Å²) in [6, 6.07) is 8.79. The molecule has 1 aliphatic heterocycles. The van der Waals surface area contributed by atoms with Crippen molar-refractivity contribution in [1.82, 2.24) is 10.3 Å². The van der Waals surface area contributed by atoms with E-state index in [0.717, 1.165) is 44.4 Å². The highest BCUT2D eigenvalue weighted by molar-refractivity contribution is 7.09. The van der Waals surface area contributed by atoms with E-state index in [9.17, 15) is 0 Å². The Morgan fingerprint density at radius 1 is 1.15 bits per heavy atom. The first-order valence-electron chi connectivity index (χ1n) is 6.92. The molecule has 0 spiro atoms. The molecule has 0 amide bonds. The van der Waals surface area contributed by atoms with Crippen molar-refractivity contribution in [2.24, 2.45) is 0 Å². The first-order valence-corrected chi connectivity index (χ1v) is 7.80. The van der Waals surface area contributed by atoms with E-state index in [4.69, 9.17) is 4.74 Å². The second kappa shape index (κ2) is 6.83. The third-order valence-electron chi connectivity index (χ3n) is 3.40.